The van der Waals surface area contributed by atoms with Gasteiger partial charge in [-0.05, 0) is 26.2 Å². The molecule has 0 saturated heterocycles. The number of carboxylic acids is 2. The average Bonchev–Trinajstić information content (AvgIpc) is 3.01. The maximum Gasteiger partial charge on any atom is 0.326 e. The van der Waals surface area contributed by atoms with Gasteiger partial charge in [0.25, 0.3) is 0 Å². The molecule has 0 rings (SSSR count). The van der Waals surface area contributed by atoms with E-state index in [9.17, 15) is 33.9 Å². The molecule has 0 aliphatic carbocycles. The van der Waals surface area contributed by atoms with Crippen LogP contribution in [-0.4, -0.2) is 118 Å². The third kappa shape index (κ3) is 32.6. The summed E-state index contributed by atoms with van der Waals surface area (Å²) in [6, 6.07) is -1.24. The standard InChI is InChI=1S/C32H57N3O12/c1-26(36)24-46-22-20-44-19-17-34-29(38)15-14-27(32(42)43)35-30(39)25-47-23-21-45-18-16-33-28(37)12-10-8-6-4-2-3-5-7-9-11-13-31(40)41/h27H,2-25H2,1H3,(H,33,37)(H,34,38)(H,35,39)(H,40,41)(H,42,43)/t27-/m0/s1. The van der Waals surface area contributed by atoms with Gasteiger partial charge in [-0.25, -0.2) is 4.79 Å². The first-order valence-corrected chi connectivity index (χ1v) is 16.7. The highest BCUT2D eigenvalue weighted by atomic mass is 16.5. The van der Waals surface area contributed by atoms with Crippen molar-refractivity contribution in [1.29, 1.82) is 0 Å². The first kappa shape index (κ1) is 43.9. The van der Waals surface area contributed by atoms with Crippen LogP contribution in [0.4, 0.5) is 0 Å². The van der Waals surface area contributed by atoms with Crippen LogP contribution in [-0.2, 0) is 47.7 Å². The number of amides is 3. The minimum Gasteiger partial charge on any atom is -0.481 e. The predicted octanol–water partition coefficient (Wildman–Crippen LogP) is 1.99. The van der Waals surface area contributed by atoms with Gasteiger partial charge in [0.15, 0.2) is 5.78 Å². The second-order valence-electron chi connectivity index (χ2n) is 11.2. The second-order valence-corrected chi connectivity index (χ2v) is 11.2. The molecule has 0 bridgehead atoms. The normalized spacial score (nSPS) is 11.5. The highest BCUT2D eigenvalue weighted by Crippen LogP contribution is 2.12. The molecule has 0 aromatic rings. The van der Waals surface area contributed by atoms with Gasteiger partial charge in [-0.2, -0.15) is 0 Å². The number of nitrogens with one attached hydrogen (secondary N) is 3. The van der Waals surface area contributed by atoms with E-state index in [2.05, 4.69) is 16.0 Å². The van der Waals surface area contributed by atoms with Crippen LogP contribution >= 0.6 is 0 Å². The van der Waals surface area contributed by atoms with E-state index in [0.29, 0.717) is 19.6 Å². The average molecular weight is 676 g/mol. The number of rotatable bonds is 34. The van der Waals surface area contributed by atoms with Gasteiger partial charge in [0, 0.05) is 32.4 Å². The monoisotopic (exact) mass is 675 g/mol. The predicted molar refractivity (Wildman–Crippen MR) is 172 cm³/mol. The van der Waals surface area contributed by atoms with E-state index >= 15 is 0 Å². The lowest BCUT2D eigenvalue weighted by atomic mass is 10.1. The van der Waals surface area contributed by atoms with Crippen LogP contribution in [0.5, 0.6) is 0 Å². The summed E-state index contributed by atoms with van der Waals surface area (Å²) >= 11 is 0. The van der Waals surface area contributed by atoms with Gasteiger partial charge in [-0.1, -0.05) is 51.4 Å². The van der Waals surface area contributed by atoms with Crippen molar-refractivity contribution in [3.8, 4) is 0 Å². The first-order chi connectivity index (χ1) is 22.6. The molecular formula is C32H57N3O12. The first-order valence-electron chi connectivity index (χ1n) is 16.7. The Kier molecular flexibility index (Phi) is 29.4. The van der Waals surface area contributed by atoms with Crippen LogP contribution in [0.25, 0.3) is 0 Å². The van der Waals surface area contributed by atoms with E-state index in [0.717, 1.165) is 51.4 Å². The Morgan fingerprint density at radius 1 is 0.532 bits per heavy atom. The molecule has 1 atom stereocenters. The molecule has 0 heterocycles. The molecule has 0 unspecified atom stereocenters. The minimum atomic E-state index is -1.26. The Morgan fingerprint density at radius 2 is 0.979 bits per heavy atom. The van der Waals surface area contributed by atoms with E-state index in [1.807, 2.05) is 0 Å². The summed E-state index contributed by atoms with van der Waals surface area (Å²) < 4.78 is 20.9. The second kappa shape index (κ2) is 31.5. The molecule has 0 saturated carbocycles. The number of hydrogen-bond donors (Lipinski definition) is 5. The molecule has 0 radical (unpaired) electrons. The Balaban J connectivity index is 3.66. The van der Waals surface area contributed by atoms with Crippen LogP contribution in [0.3, 0.4) is 0 Å². The number of ether oxygens (including phenoxy) is 4. The summed E-state index contributed by atoms with van der Waals surface area (Å²) in [6.45, 7) is 3.03. The van der Waals surface area contributed by atoms with Gasteiger partial charge < -0.3 is 45.1 Å². The highest BCUT2D eigenvalue weighted by molar-refractivity contribution is 5.85. The van der Waals surface area contributed by atoms with Crippen LogP contribution in [0.15, 0.2) is 0 Å². The van der Waals surface area contributed by atoms with Gasteiger partial charge in [0.05, 0.1) is 39.6 Å². The maximum absolute atomic E-state index is 12.1. The van der Waals surface area contributed by atoms with E-state index in [1.165, 1.54) is 19.8 Å². The van der Waals surface area contributed by atoms with Crippen molar-refractivity contribution in [3.63, 3.8) is 0 Å². The van der Waals surface area contributed by atoms with Crippen molar-refractivity contribution in [3.05, 3.63) is 0 Å². The third-order valence-corrected chi connectivity index (χ3v) is 6.76. The van der Waals surface area contributed by atoms with E-state index < -0.39 is 23.9 Å². The molecule has 0 aliphatic heterocycles. The number of aliphatic carboxylic acids is 2. The molecule has 0 aromatic carbocycles. The lowest BCUT2D eigenvalue weighted by molar-refractivity contribution is -0.143. The topological polar surface area (TPSA) is 216 Å². The van der Waals surface area contributed by atoms with Crippen LogP contribution < -0.4 is 16.0 Å². The van der Waals surface area contributed by atoms with Crippen molar-refractivity contribution >= 4 is 35.4 Å². The molecule has 15 nitrogen and oxygen atoms in total. The number of unbranched alkanes of at least 4 members (excludes halogenated alkanes) is 9. The highest BCUT2D eigenvalue weighted by Gasteiger charge is 2.21. The smallest absolute Gasteiger partial charge is 0.326 e. The zero-order chi connectivity index (χ0) is 35.0. The Hall–Kier alpha value is -3.14. The Morgan fingerprint density at radius 3 is 1.47 bits per heavy atom. The lowest BCUT2D eigenvalue weighted by Gasteiger charge is -2.14. The number of carbonyl (C=O) groups is 6. The van der Waals surface area contributed by atoms with E-state index in [-0.39, 0.29) is 89.7 Å². The van der Waals surface area contributed by atoms with Crippen LogP contribution in [0.1, 0.15) is 96.8 Å². The van der Waals surface area contributed by atoms with Gasteiger partial charge >= 0.3 is 11.9 Å². The summed E-state index contributed by atoms with van der Waals surface area (Å²) in [5.41, 5.74) is 0. The van der Waals surface area contributed by atoms with E-state index in [4.69, 9.17) is 24.1 Å². The van der Waals surface area contributed by atoms with Crippen molar-refractivity contribution < 1.29 is 57.9 Å². The summed E-state index contributed by atoms with van der Waals surface area (Å²) in [5, 5.41) is 25.7. The lowest BCUT2D eigenvalue weighted by Crippen LogP contribution is -2.43. The van der Waals surface area contributed by atoms with Crippen LogP contribution in [0, 0.1) is 0 Å². The van der Waals surface area contributed by atoms with Gasteiger partial charge in [-0.3, -0.25) is 24.0 Å². The summed E-state index contributed by atoms with van der Waals surface area (Å²) in [4.78, 5) is 68.6. The summed E-state index contributed by atoms with van der Waals surface area (Å²) in [6.07, 6.45) is 10.9. The largest absolute Gasteiger partial charge is 0.481 e. The maximum atomic E-state index is 12.1. The molecule has 0 fully saturated rings. The van der Waals surface area contributed by atoms with Crippen LogP contribution in [0.2, 0.25) is 0 Å². The number of carboxylic acid groups (broad SMARTS) is 2. The zero-order valence-corrected chi connectivity index (χ0v) is 28.0. The Labute approximate surface area is 278 Å². The van der Waals surface area contributed by atoms with Crippen molar-refractivity contribution in [2.75, 3.05) is 65.9 Å². The number of Topliss-reactive ketones (excluding diaryl/α,β-unsaturated/α-hetero) is 1. The molecule has 15 heteroatoms. The van der Waals surface area contributed by atoms with Crippen molar-refractivity contribution in [1.82, 2.24) is 16.0 Å². The fourth-order valence-corrected chi connectivity index (χ4v) is 4.27. The molecule has 0 aliphatic rings. The summed E-state index contributed by atoms with van der Waals surface area (Å²) in [5.74, 6) is -3.10. The molecule has 47 heavy (non-hydrogen) atoms. The van der Waals surface area contributed by atoms with E-state index in [1.54, 1.807) is 0 Å². The third-order valence-electron chi connectivity index (χ3n) is 6.76. The van der Waals surface area contributed by atoms with Crippen molar-refractivity contribution in [2.24, 2.45) is 0 Å². The Bertz CT molecular complexity index is 887. The van der Waals surface area contributed by atoms with Gasteiger partial charge in [-0.15, -0.1) is 0 Å². The molecule has 0 spiro atoms. The van der Waals surface area contributed by atoms with Gasteiger partial charge in [0.1, 0.15) is 19.3 Å². The minimum absolute atomic E-state index is 0.0217. The quantitative estimate of drug-likeness (QED) is 0.0619. The fraction of sp³-hybridized carbons (Fsp3) is 0.812. The molecule has 272 valence electrons. The molecule has 0 aromatic heterocycles. The number of carbonyl (C=O) groups excluding carboxylic acids is 4. The number of hydrogen-bond acceptors (Lipinski definition) is 10. The zero-order valence-electron chi connectivity index (χ0n) is 28.0. The summed E-state index contributed by atoms with van der Waals surface area (Å²) in [7, 11) is 0. The number of ketones is 1. The van der Waals surface area contributed by atoms with Crippen molar-refractivity contribution in [2.45, 2.75) is 103 Å². The fourth-order valence-electron chi connectivity index (χ4n) is 4.27. The molecule has 5 N–H and O–H groups in total. The van der Waals surface area contributed by atoms with Gasteiger partial charge in [0.2, 0.25) is 17.7 Å². The molecule has 3 amide bonds. The SMILES string of the molecule is CC(=O)COCCOCCNC(=O)CC[C@H](NC(=O)COCCOCCNC(=O)CCCCCCCCCCCCC(=O)O)C(=O)O. The molecular weight excluding hydrogens is 618 g/mol.